The number of hydrogen-bond acceptors (Lipinski definition) is 5. The van der Waals surface area contributed by atoms with Crippen LogP contribution in [0.3, 0.4) is 0 Å². The minimum Gasteiger partial charge on any atom is -0.399 e. The summed E-state index contributed by atoms with van der Waals surface area (Å²) in [7, 11) is 0. The molecule has 0 saturated heterocycles. The Labute approximate surface area is 116 Å². The first-order valence-electron chi connectivity index (χ1n) is 6.15. The van der Waals surface area contributed by atoms with Gasteiger partial charge in [0.25, 0.3) is 0 Å². The molecule has 1 aromatic carbocycles. The molecule has 0 aliphatic heterocycles. The molecule has 6 nitrogen and oxygen atoms in total. The standard InChI is InChI=1S/C14H14N6/c15-10-3-1-4-11(7-10)19-13-8-14(18-9-17-13)20-12-5-2-6-16-12/h1-9,16H,15H2,(H2,17,18,19,20). The molecule has 2 aromatic heterocycles. The number of rotatable bonds is 4. The third-order valence-corrected chi connectivity index (χ3v) is 2.69. The van der Waals surface area contributed by atoms with Crippen LogP contribution < -0.4 is 16.4 Å². The molecule has 2 heterocycles. The highest BCUT2D eigenvalue weighted by molar-refractivity contribution is 5.64. The molecule has 0 amide bonds. The Morgan fingerprint density at radius 2 is 1.80 bits per heavy atom. The molecule has 5 N–H and O–H groups in total. The van der Waals surface area contributed by atoms with Gasteiger partial charge in [-0.1, -0.05) is 6.07 Å². The van der Waals surface area contributed by atoms with Crippen LogP contribution in [0, 0.1) is 0 Å². The average Bonchev–Trinajstić information content (AvgIpc) is 2.92. The summed E-state index contributed by atoms with van der Waals surface area (Å²) in [5, 5.41) is 6.33. The number of nitrogen functional groups attached to an aromatic ring is 1. The van der Waals surface area contributed by atoms with Crippen LogP contribution in [0.1, 0.15) is 0 Å². The normalized spacial score (nSPS) is 10.2. The van der Waals surface area contributed by atoms with Crippen molar-refractivity contribution in [2.75, 3.05) is 16.4 Å². The van der Waals surface area contributed by atoms with Gasteiger partial charge >= 0.3 is 0 Å². The fraction of sp³-hybridized carbons (Fsp3) is 0. The van der Waals surface area contributed by atoms with Crippen LogP contribution in [0.15, 0.2) is 55.0 Å². The second kappa shape index (κ2) is 5.31. The summed E-state index contributed by atoms with van der Waals surface area (Å²) in [5.41, 5.74) is 7.33. The van der Waals surface area contributed by atoms with Crippen molar-refractivity contribution in [3.05, 3.63) is 55.0 Å². The van der Waals surface area contributed by atoms with E-state index in [4.69, 9.17) is 5.73 Å². The molecular formula is C14H14N6. The number of anilines is 5. The molecule has 0 spiro atoms. The van der Waals surface area contributed by atoms with Crippen LogP contribution in [0.4, 0.5) is 28.8 Å². The number of aromatic amines is 1. The summed E-state index contributed by atoms with van der Waals surface area (Å²) in [6.07, 6.45) is 3.34. The van der Waals surface area contributed by atoms with Gasteiger partial charge in [0.05, 0.1) is 0 Å². The topological polar surface area (TPSA) is 91.7 Å². The minimum atomic E-state index is 0.694. The van der Waals surface area contributed by atoms with Crippen LogP contribution in [-0.2, 0) is 0 Å². The SMILES string of the molecule is Nc1cccc(Nc2cc(Nc3ccc[nH]3)ncn2)c1. The summed E-state index contributed by atoms with van der Waals surface area (Å²) < 4.78 is 0. The van der Waals surface area contributed by atoms with Crippen molar-refractivity contribution in [1.82, 2.24) is 15.0 Å². The van der Waals surface area contributed by atoms with E-state index in [-0.39, 0.29) is 0 Å². The van der Waals surface area contributed by atoms with Gasteiger partial charge in [0.15, 0.2) is 0 Å². The number of nitrogens with two attached hydrogens (primary N) is 1. The lowest BCUT2D eigenvalue weighted by Crippen LogP contribution is -1.99. The highest BCUT2D eigenvalue weighted by atomic mass is 15.1. The molecule has 0 saturated carbocycles. The Morgan fingerprint density at radius 1 is 0.950 bits per heavy atom. The number of nitrogens with zero attached hydrogens (tertiary/aromatic N) is 2. The fourth-order valence-electron chi connectivity index (χ4n) is 1.80. The van der Waals surface area contributed by atoms with E-state index in [1.54, 1.807) is 0 Å². The van der Waals surface area contributed by atoms with E-state index >= 15 is 0 Å². The molecule has 0 bridgehead atoms. The third-order valence-electron chi connectivity index (χ3n) is 2.69. The summed E-state index contributed by atoms with van der Waals surface area (Å²) in [6, 6.07) is 13.2. The second-order valence-electron chi connectivity index (χ2n) is 4.25. The van der Waals surface area contributed by atoms with Gasteiger partial charge in [-0.2, -0.15) is 0 Å². The van der Waals surface area contributed by atoms with Crippen LogP contribution >= 0.6 is 0 Å². The molecule has 0 fully saturated rings. The molecule has 20 heavy (non-hydrogen) atoms. The number of hydrogen-bond donors (Lipinski definition) is 4. The van der Waals surface area contributed by atoms with Crippen molar-refractivity contribution in [2.45, 2.75) is 0 Å². The largest absolute Gasteiger partial charge is 0.399 e. The maximum Gasteiger partial charge on any atom is 0.136 e. The molecular weight excluding hydrogens is 252 g/mol. The predicted molar refractivity (Wildman–Crippen MR) is 80.2 cm³/mol. The first-order valence-corrected chi connectivity index (χ1v) is 6.15. The lowest BCUT2D eigenvalue weighted by Gasteiger charge is -2.08. The predicted octanol–water partition coefficient (Wildman–Crippen LogP) is 2.87. The molecule has 0 radical (unpaired) electrons. The maximum absolute atomic E-state index is 5.74. The van der Waals surface area contributed by atoms with E-state index in [1.807, 2.05) is 48.7 Å². The molecule has 100 valence electrons. The van der Waals surface area contributed by atoms with Crippen LogP contribution in [0.5, 0.6) is 0 Å². The minimum absolute atomic E-state index is 0.694. The molecule has 3 rings (SSSR count). The molecule has 0 atom stereocenters. The van der Waals surface area contributed by atoms with Crippen molar-refractivity contribution in [3.63, 3.8) is 0 Å². The fourth-order valence-corrected chi connectivity index (χ4v) is 1.80. The smallest absolute Gasteiger partial charge is 0.136 e. The van der Waals surface area contributed by atoms with E-state index in [1.165, 1.54) is 6.33 Å². The first-order chi connectivity index (χ1) is 9.79. The number of H-pyrrole nitrogens is 1. The van der Waals surface area contributed by atoms with Crippen molar-refractivity contribution in [3.8, 4) is 0 Å². The first kappa shape index (κ1) is 12.0. The van der Waals surface area contributed by atoms with Gasteiger partial charge in [-0.15, -0.1) is 0 Å². The molecule has 0 unspecified atom stereocenters. The Hall–Kier alpha value is -3.02. The quantitative estimate of drug-likeness (QED) is 0.545. The zero-order valence-corrected chi connectivity index (χ0v) is 10.7. The summed E-state index contributed by atoms with van der Waals surface area (Å²) >= 11 is 0. The number of benzene rings is 1. The monoisotopic (exact) mass is 266 g/mol. The van der Waals surface area contributed by atoms with Gasteiger partial charge < -0.3 is 21.4 Å². The van der Waals surface area contributed by atoms with Crippen molar-refractivity contribution >= 4 is 28.8 Å². The van der Waals surface area contributed by atoms with Crippen molar-refractivity contribution in [1.29, 1.82) is 0 Å². The lowest BCUT2D eigenvalue weighted by atomic mass is 10.3. The van der Waals surface area contributed by atoms with E-state index in [9.17, 15) is 0 Å². The zero-order chi connectivity index (χ0) is 13.8. The highest BCUT2D eigenvalue weighted by Gasteiger charge is 2.01. The Kier molecular flexibility index (Phi) is 3.20. The van der Waals surface area contributed by atoms with Crippen molar-refractivity contribution < 1.29 is 0 Å². The number of aromatic nitrogens is 3. The Balaban J connectivity index is 1.77. The zero-order valence-electron chi connectivity index (χ0n) is 10.7. The van der Waals surface area contributed by atoms with Gasteiger partial charge in [-0.3, -0.25) is 0 Å². The van der Waals surface area contributed by atoms with Crippen LogP contribution in [0.25, 0.3) is 0 Å². The summed E-state index contributed by atoms with van der Waals surface area (Å²) in [6.45, 7) is 0. The van der Waals surface area contributed by atoms with Crippen molar-refractivity contribution in [2.24, 2.45) is 0 Å². The maximum atomic E-state index is 5.74. The van der Waals surface area contributed by atoms with Gasteiger partial charge in [-0.05, 0) is 30.3 Å². The molecule has 0 aliphatic carbocycles. The van der Waals surface area contributed by atoms with E-state index in [0.29, 0.717) is 17.3 Å². The molecule has 6 heteroatoms. The van der Waals surface area contributed by atoms with Gasteiger partial charge in [-0.25, -0.2) is 9.97 Å². The van der Waals surface area contributed by atoms with E-state index in [2.05, 4.69) is 25.6 Å². The highest BCUT2D eigenvalue weighted by Crippen LogP contribution is 2.19. The van der Waals surface area contributed by atoms with Crippen LogP contribution in [0.2, 0.25) is 0 Å². The summed E-state index contributed by atoms with van der Waals surface area (Å²) in [4.78, 5) is 11.4. The van der Waals surface area contributed by atoms with E-state index in [0.717, 1.165) is 11.5 Å². The molecule has 0 aliphatic rings. The van der Waals surface area contributed by atoms with E-state index < -0.39 is 0 Å². The number of nitrogens with one attached hydrogen (secondary N) is 3. The Morgan fingerprint density at radius 3 is 2.55 bits per heavy atom. The van der Waals surface area contributed by atoms with Gasteiger partial charge in [0.1, 0.15) is 23.8 Å². The lowest BCUT2D eigenvalue weighted by molar-refractivity contribution is 1.16. The average molecular weight is 266 g/mol. The second-order valence-corrected chi connectivity index (χ2v) is 4.25. The molecule has 3 aromatic rings. The van der Waals surface area contributed by atoms with Gasteiger partial charge in [0.2, 0.25) is 0 Å². The van der Waals surface area contributed by atoms with Gasteiger partial charge in [0, 0.05) is 23.6 Å². The Bertz CT molecular complexity index is 692. The summed E-state index contributed by atoms with van der Waals surface area (Å²) in [5.74, 6) is 2.27. The van der Waals surface area contributed by atoms with Crippen LogP contribution in [-0.4, -0.2) is 15.0 Å². The third kappa shape index (κ3) is 2.86.